The molecule has 0 heterocycles. The van der Waals surface area contributed by atoms with Crippen molar-refractivity contribution >= 4 is 0 Å². The van der Waals surface area contributed by atoms with Gasteiger partial charge in [0.25, 0.3) is 0 Å². The maximum absolute atomic E-state index is 10.9. The van der Waals surface area contributed by atoms with Gasteiger partial charge in [0.2, 0.25) is 0 Å². The number of hydrogen-bond donors (Lipinski definition) is 2. The molecular weight excluding hydrogens is 292 g/mol. The minimum Gasteiger partial charge on any atom is -0.387 e. The van der Waals surface area contributed by atoms with Crippen LogP contribution in [0.15, 0.2) is 43.0 Å². The summed E-state index contributed by atoms with van der Waals surface area (Å²) in [4.78, 5) is 0. The van der Waals surface area contributed by atoms with E-state index in [2.05, 4.69) is 6.58 Å². The van der Waals surface area contributed by atoms with E-state index < -0.39 is 11.2 Å². The van der Waals surface area contributed by atoms with Gasteiger partial charge < -0.3 is 19.7 Å². The molecular formula is C19H28O4. The molecule has 1 aromatic rings. The van der Waals surface area contributed by atoms with E-state index in [1.807, 2.05) is 30.3 Å². The Bertz CT molecular complexity index is 509. The maximum atomic E-state index is 10.9. The molecule has 0 bridgehead atoms. The van der Waals surface area contributed by atoms with Crippen LogP contribution in [0.3, 0.4) is 0 Å². The fourth-order valence-corrected chi connectivity index (χ4v) is 3.44. The van der Waals surface area contributed by atoms with Gasteiger partial charge in [0.05, 0.1) is 30.0 Å². The first kappa shape index (κ1) is 18.1. The Morgan fingerprint density at radius 1 is 1.26 bits per heavy atom. The molecule has 2 rings (SSSR count). The third-order valence-corrected chi connectivity index (χ3v) is 5.18. The van der Waals surface area contributed by atoms with Crippen LogP contribution in [-0.4, -0.2) is 40.7 Å². The van der Waals surface area contributed by atoms with Gasteiger partial charge in [0.1, 0.15) is 0 Å². The largest absolute Gasteiger partial charge is 0.387 e. The molecule has 23 heavy (non-hydrogen) atoms. The minimum atomic E-state index is -1.28. The van der Waals surface area contributed by atoms with Crippen molar-refractivity contribution in [2.45, 2.75) is 56.7 Å². The van der Waals surface area contributed by atoms with Crippen molar-refractivity contribution in [1.29, 1.82) is 0 Å². The minimum absolute atomic E-state index is 0.279. The summed E-state index contributed by atoms with van der Waals surface area (Å²) < 4.78 is 11.7. The van der Waals surface area contributed by atoms with E-state index in [1.165, 1.54) is 0 Å². The molecule has 0 spiro atoms. The van der Waals surface area contributed by atoms with E-state index >= 15 is 0 Å². The van der Waals surface area contributed by atoms with Crippen LogP contribution in [0.5, 0.6) is 0 Å². The molecule has 0 saturated heterocycles. The monoisotopic (exact) mass is 320 g/mol. The lowest BCUT2D eigenvalue weighted by atomic mass is 9.63. The molecule has 1 aromatic carbocycles. The molecule has 1 aliphatic rings. The Morgan fingerprint density at radius 3 is 2.48 bits per heavy atom. The highest BCUT2D eigenvalue weighted by Gasteiger charge is 2.57. The van der Waals surface area contributed by atoms with E-state index in [-0.39, 0.29) is 18.1 Å². The predicted octanol–water partition coefficient (Wildman–Crippen LogP) is 2.68. The Balaban J connectivity index is 2.23. The Morgan fingerprint density at radius 2 is 1.91 bits per heavy atom. The summed E-state index contributed by atoms with van der Waals surface area (Å²) in [5.41, 5.74) is -1.46. The molecule has 0 aromatic heterocycles. The van der Waals surface area contributed by atoms with E-state index in [1.54, 1.807) is 27.0 Å². The summed E-state index contributed by atoms with van der Waals surface area (Å²) in [6.07, 6.45) is 2.03. The van der Waals surface area contributed by atoms with Crippen molar-refractivity contribution in [3.05, 3.63) is 48.6 Å². The van der Waals surface area contributed by atoms with Crippen LogP contribution in [0.4, 0.5) is 0 Å². The van der Waals surface area contributed by atoms with Crippen molar-refractivity contribution in [3.8, 4) is 0 Å². The van der Waals surface area contributed by atoms with E-state index in [0.29, 0.717) is 19.4 Å². The average Bonchev–Trinajstić information content (AvgIpc) is 2.52. The van der Waals surface area contributed by atoms with Crippen molar-refractivity contribution in [3.63, 3.8) is 0 Å². The topological polar surface area (TPSA) is 58.9 Å². The fourth-order valence-electron chi connectivity index (χ4n) is 3.44. The van der Waals surface area contributed by atoms with Gasteiger partial charge in [-0.1, -0.05) is 36.4 Å². The first-order chi connectivity index (χ1) is 10.8. The zero-order valence-corrected chi connectivity index (χ0v) is 14.2. The summed E-state index contributed by atoms with van der Waals surface area (Å²) in [5.74, 6) is -0.294. The zero-order chi connectivity index (χ0) is 17.1. The van der Waals surface area contributed by atoms with Gasteiger partial charge in [-0.05, 0) is 25.8 Å². The van der Waals surface area contributed by atoms with Crippen LogP contribution in [0.25, 0.3) is 0 Å². The third-order valence-electron chi connectivity index (χ3n) is 5.18. The Labute approximate surface area is 138 Å². The van der Waals surface area contributed by atoms with Crippen molar-refractivity contribution in [2.24, 2.45) is 5.92 Å². The normalized spacial score (nSPS) is 37.5. The molecule has 1 aliphatic carbocycles. The van der Waals surface area contributed by atoms with Crippen LogP contribution in [-0.2, 0) is 16.1 Å². The number of rotatable bonds is 6. The van der Waals surface area contributed by atoms with Crippen LogP contribution >= 0.6 is 0 Å². The standard InChI is InChI=1S/C19H28O4/c1-5-9-15-17(23-13-14-10-7-6-8-11-14)16(22-4)12-18(2,20)19(15,3)21/h5-8,10-11,15-17,20-21H,1,9,12-13H2,2-4H3/t15-,16+,17-,18?,19?/m1/s1. The van der Waals surface area contributed by atoms with Gasteiger partial charge in [-0.2, -0.15) is 0 Å². The molecule has 4 heteroatoms. The molecule has 0 radical (unpaired) electrons. The predicted molar refractivity (Wildman–Crippen MR) is 90.0 cm³/mol. The molecule has 128 valence electrons. The van der Waals surface area contributed by atoms with Crippen LogP contribution < -0.4 is 0 Å². The lowest BCUT2D eigenvalue weighted by molar-refractivity contribution is -0.254. The molecule has 5 atom stereocenters. The number of methoxy groups -OCH3 is 1. The summed E-state index contributed by atoms with van der Waals surface area (Å²) in [6, 6.07) is 9.90. The highest BCUT2D eigenvalue weighted by Crippen LogP contribution is 2.45. The Kier molecular flexibility index (Phi) is 5.63. The van der Waals surface area contributed by atoms with Gasteiger partial charge in [-0.3, -0.25) is 0 Å². The summed E-state index contributed by atoms with van der Waals surface area (Å²) >= 11 is 0. The second-order valence-corrected chi connectivity index (χ2v) is 6.79. The summed E-state index contributed by atoms with van der Waals surface area (Å²) in [6.45, 7) is 7.55. The summed E-state index contributed by atoms with van der Waals surface area (Å²) in [7, 11) is 1.62. The van der Waals surface area contributed by atoms with Crippen molar-refractivity contribution in [2.75, 3.05) is 7.11 Å². The maximum Gasteiger partial charge on any atom is 0.0960 e. The molecule has 2 N–H and O–H groups in total. The first-order valence-electron chi connectivity index (χ1n) is 8.07. The van der Waals surface area contributed by atoms with Gasteiger partial charge in [-0.25, -0.2) is 0 Å². The SMILES string of the molecule is C=CC[C@@H]1[C@@H](OCc2ccccc2)[C@@H](OC)CC(C)(O)C1(C)O. The molecule has 1 saturated carbocycles. The van der Waals surface area contributed by atoms with E-state index in [9.17, 15) is 10.2 Å². The quantitative estimate of drug-likeness (QED) is 0.791. The second-order valence-electron chi connectivity index (χ2n) is 6.79. The zero-order valence-electron chi connectivity index (χ0n) is 14.2. The number of benzene rings is 1. The molecule has 0 amide bonds. The number of aliphatic hydroxyl groups is 2. The smallest absolute Gasteiger partial charge is 0.0960 e. The lowest BCUT2D eigenvalue weighted by Crippen LogP contribution is -2.66. The van der Waals surface area contributed by atoms with Crippen molar-refractivity contribution < 1.29 is 19.7 Å². The van der Waals surface area contributed by atoms with E-state index in [4.69, 9.17) is 9.47 Å². The molecule has 1 fully saturated rings. The number of ether oxygens (including phenoxy) is 2. The first-order valence-corrected chi connectivity index (χ1v) is 8.07. The third kappa shape index (κ3) is 3.66. The molecule has 2 unspecified atom stereocenters. The molecule has 4 nitrogen and oxygen atoms in total. The second kappa shape index (κ2) is 7.14. The summed E-state index contributed by atoms with van der Waals surface area (Å²) in [5, 5.41) is 21.6. The highest BCUT2D eigenvalue weighted by molar-refractivity contribution is 5.14. The highest BCUT2D eigenvalue weighted by atomic mass is 16.5. The Hall–Kier alpha value is -1.20. The number of allylic oxidation sites excluding steroid dienone is 1. The average molecular weight is 320 g/mol. The van der Waals surface area contributed by atoms with Gasteiger partial charge in [0, 0.05) is 19.4 Å². The van der Waals surface area contributed by atoms with Gasteiger partial charge >= 0.3 is 0 Å². The van der Waals surface area contributed by atoms with E-state index in [0.717, 1.165) is 5.56 Å². The van der Waals surface area contributed by atoms with Crippen LogP contribution in [0, 0.1) is 5.92 Å². The number of hydrogen-bond acceptors (Lipinski definition) is 4. The van der Waals surface area contributed by atoms with Crippen LogP contribution in [0.1, 0.15) is 32.3 Å². The van der Waals surface area contributed by atoms with Crippen LogP contribution in [0.2, 0.25) is 0 Å². The van der Waals surface area contributed by atoms with Crippen molar-refractivity contribution in [1.82, 2.24) is 0 Å². The molecule has 0 aliphatic heterocycles. The van der Waals surface area contributed by atoms with Gasteiger partial charge in [0.15, 0.2) is 0 Å². The van der Waals surface area contributed by atoms with Gasteiger partial charge in [-0.15, -0.1) is 6.58 Å². The lowest BCUT2D eigenvalue weighted by Gasteiger charge is -2.53. The fraction of sp³-hybridized carbons (Fsp3) is 0.579.